The minimum atomic E-state index is 0. The molecule has 2 aromatic carbocycles. The molecular weight excluding hydrogens is 359 g/mol. The largest absolute Gasteiger partial charge is 0.663 e. The van der Waals surface area contributed by atoms with E-state index in [4.69, 9.17) is 5.73 Å². The molecule has 3 aromatic rings. The summed E-state index contributed by atoms with van der Waals surface area (Å²) in [5.74, 6) is 0.595. The number of likely N-dealkylation sites (tertiary alicyclic amines) is 1. The molecule has 0 spiro atoms. The molecule has 1 aliphatic rings. The van der Waals surface area contributed by atoms with Crippen LogP contribution in [-0.4, -0.2) is 18.0 Å². The molecular formula is C19H20N3Y-. The second-order valence-electron chi connectivity index (χ2n) is 6.19. The van der Waals surface area contributed by atoms with Crippen LogP contribution in [0, 0.1) is 0 Å². The number of nitrogens with two attached hydrogens (primary N) is 1. The number of benzene rings is 2. The summed E-state index contributed by atoms with van der Waals surface area (Å²) >= 11 is 0. The first kappa shape index (κ1) is 16.7. The number of nitrogen functional groups attached to an aromatic ring is 1. The summed E-state index contributed by atoms with van der Waals surface area (Å²) < 4.78 is 0. The van der Waals surface area contributed by atoms with Crippen LogP contribution in [0.4, 0.5) is 5.69 Å². The van der Waals surface area contributed by atoms with Gasteiger partial charge in [-0.1, -0.05) is 36.4 Å². The van der Waals surface area contributed by atoms with Gasteiger partial charge in [-0.2, -0.15) is 6.20 Å². The number of hydrogen-bond donors (Lipinski definition) is 1. The zero-order chi connectivity index (χ0) is 14.9. The Hall–Kier alpha value is -1.16. The Labute approximate surface area is 162 Å². The van der Waals surface area contributed by atoms with E-state index in [0.717, 1.165) is 30.8 Å². The summed E-state index contributed by atoms with van der Waals surface area (Å²) in [6, 6.07) is 16.7. The molecule has 1 aromatic heterocycles. The molecule has 3 nitrogen and oxygen atoms in total. The van der Waals surface area contributed by atoms with Gasteiger partial charge in [0, 0.05) is 51.5 Å². The van der Waals surface area contributed by atoms with E-state index in [0.29, 0.717) is 5.92 Å². The molecule has 0 amide bonds. The summed E-state index contributed by atoms with van der Waals surface area (Å²) in [7, 11) is 0. The van der Waals surface area contributed by atoms with Crippen molar-refractivity contribution >= 4 is 16.6 Å². The van der Waals surface area contributed by atoms with Gasteiger partial charge in [-0.15, -0.1) is 5.52 Å². The summed E-state index contributed by atoms with van der Waals surface area (Å²) in [4.78, 5) is 7.03. The third-order valence-corrected chi connectivity index (χ3v) is 4.66. The maximum absolute atomic E-state index is 5.91. The molecule has 1 unspecified atom stereocenters. The van der Waals surface area contributed by atoms with Crippen LogP contribution in [0.2, 0.25) is 0 Å². The van der Waals surface area contributed by atoms with Crippen molar-refractivity contribution in [1.29, 1.82) is 0 Å². The third-order valence-electron chi connectivity index (χ3n) is 4.66. The molecule has 0 aliphatic carbocycles. The average molecular weight is 379 g/mol. The fourth-order valence-corrected chi connectivity index (χ4v) is 3.50. The topological polar surface area (TPSA) is 43.4 Å². The molecule has 1 aliphatic heterocycles. The van der Waals surface area contributed by atoms with Gasteiger partial charge in [0.25, 0.3) is 0 Å². The Balaban J connectivity index is 0.00000156. The predicted molar refractivity (Wildman–Crippen MR) is 90.8 cm³/mol. The van der Waals surface area contributed by atoms with E-state index in [9.17, 15) is 0 Å². The maximum atomic E-state index is 5.91. The minimum absolute atomic E-state index is 0. The first-order valence-electron chi connectivity index (χ1n) is 7.87. The van der Waals surface area contributed by atoms with Crippen molar-refractivity contribution in [1.82, 2.24) is 9.88 Å². The normalized spacial score (nSPS) is 18.2. The molecule has 4 rings (SSSR count). The van der Waals surface area contributed by atoms with Crippen LogP contribution in [0.3, 0.4) is 0 Å². The predicted octanol–water partition coefficient (Wildman–Crippen LogP) is 3.37. The number of anilines is 1. The van der Waals surface area contributed by atoms with E-state index < -0.39 is 0 Å². The number of aromatic nitrogens is 1. The van der Waals surface area contributed by atoms with Gasteiger partial charge < -0.3 is 10.7 Å². The molecule has 23 heavy (non-hydrogen) atoms. The Morgan fingerprint density at radius 3 is 2.87 bits per heavy atom. The second-order valence-corrected chi connectivity index (χ2v) is 6.19. The molecule has 2 heterocycles. The van der Waals surface area contributed by atoms with Crippen LogP contribution < -0.4 is 10.7 Å². The number of hydrogen-bond acceptors (Lipinski definition) is 2. The van der Waals surface area contributed by atoms with Crippen molar-refractivity contribution in [2.24, 2.45) is 0 Å². The van der Waals surface area contributed by atoms with Crippen molar-refractivity contribution in [3.8, 4) is 0 Å². The molecule has 0 saturated carbocycles. The zero-order valence-electron chi connectivity index (χ0n) is 13.2. The number of nitrogens with zero attached hydrogens (tertiary/aromatic N) is 2. The Kier molecular flexibility index (Phi) is 5.20. The first-order chi connectivity index (χ1) is 10.8. The fourth-order valence-electron chi connectivity index (χ4n) is 3.50. The Morgan fingerprint density at radius 2 is 2.00 bits per heavy atom. The van der Waals surface area contributed by atoms with Crippen LogP contribution in [0.1, 0.15) is 23.5 Å². The van der Waals surface area contributed by atoms with Crippen LogP contribution in [-0.2, 0) is 39.3 Å². The molecule has 1 saturated heterocycles. The van der Waals surface area contributed by atoms with E-state index >= 15 is 0 Å². The monoisotopic (exact) mass is 379 g/mol. The van der Waals surface area contributed by atoms with E-state index in [1.807, 2.05) is 18.3 Å². The molecule has 1 atom stereocenters. The van der Waals surface area contributed by atoms with E-state index in [2.05, 4.69) is 46.3 Å². The Morgan fingerprint density at radius 1 is 1.13 bits per heavy atom. The average Bonchev–Trinajstić information content (AvgIpc) is 3.16. The number of fused-ring (bicyclic) bond motifs is 1. The summed E-state index contributed by atoms with van der Waals surface area (Å²) in [5.41, 5.74) is 10.6. The number of para-hydroxylation sites is 1. The second kappa shape index (κ2) is 7.17. The van der Waals surface area contributed by atoms with Gasteiger partial charge in [0.15, 0.2) is 0 Å². The van der Waals surface area contributed by atoms with Gasteiger partial charge in [-0.05, 0) is 47.5 Å². The smallest absolute Gasteiger partial charge is 0.0316 e. The fraction of sp³-hybridized carbons (Fsp3) is 0.263. The molecule has 1 radical (unpaired) electrons. The summed E-state index contributed by atoms with van der Waals surface area (Å²) in [5, 5.41) is 1.29. The molecule has 1 fully saturated rings. The Bertz CT molecular complexity index is 796. The summed E-state index contributed by atoms with van der Waals surface area (Å²) in [6.45, 7) is 3.22. The van der Waals surface area contributed by atoms with Crippen molar-refractivity contribution < 1.29 is 32.7 Å². The van der Waals surface area contributed by atoms with Gasteiger partial charge in [0.2, 0.25) is 0 Å². The van der Waals surface area contributed by atoms with Gasteiger partial charge in [0.1, 0.15) is 0 Å². The van der Waals surface area contributed by atoms with Crippen LogP contribution >= 0.6 is 0 Å². The van der Waals surface area contributed by atoms with Crippen LogP contribution in [0.25, 0.3) is 10.9 Å². The van der Waals surface area contributed by atoms with Gasteiger partial charge in [-0.3, -0.25) is 4.90 Å². The number of rotatable bonds is 3. The quantitative estimate of drug-likeness (QED) is 0.710. The van der Waals surface area contributed by atoms with Crippen LogP contribution in [0.15, 0.2) is 54.7 Å². The molecule has 2 N–H and O–H groups in total. The van der Waals surface area contributed by atoms with Crippen molar-refractivity contribution in [2.75, 3.05) is 18.8 Å². The maximum Gasteiger partial charge on any atom is 0.0316 e. The molecule has 0 bridgehead atoms. The first-order valence-corrected chi connectivity index (χ1v) is 7.87. The van der Waals surface area contributed by atoms with E-state index in [1.165, 1.54) is 22.9 Å². The van der Waals surface area contributed by atoms with Gasteiger partial charge in [0.05, 0.1) is 0 Å². The van der Waals surface area contributed by atoms with E-state index in [-0.39, 0.29) is 32.7 Å². The SMILES string of the molecule is Nc1cccc(C2CCN(Cc3c[n-]c4ccccc34)C2)c1.[Y]. The third kappa shape index (κ3) is 3.52. The summed E-state index contributed by atoms with van der Waals surface area (Å²) in [6.07, 6.45) is 3.23. The van der Waals surface area contributed by atoms with Crippen molar-refractivity contribution in [3.05, 3.63) is 65.9 Å². The standard InChI is InChI=1S/C19H20N3.Y/c20-17-5-3-4-14(10-17)15-8-9-22(12-15)13-16-11-21-19-7-2-1-6-18(16)19;/h1-7,10-11,15H,8-9,12-13,20H2;/q-1;. The minimum Gasteiger partial charge on any atom is -0.663 e. The van der Waals surface area contributed by atoms with E-state index in [1.54, 1.807) is 0 Å². The molecule has 115 valence electrons. The van der Waals surface area contributed by atoms with Crippen LogP contribution in [0.5, 0.6) is 0 Å². The molecule has 4 heteroatoms. The zero-order valence-corrected chi connectivity index (χ0v) is 16.0. The van der Waals surface area contributed by atoms with Gasteiger partial charge in [-0.25, -0.2) is 0 Å². The van der Waals surface area contributed by atoms with Gasteiger partial charge >= 0.3 is 0 Å². The van der Waals surface area contributed by atoms with Crippen molar-refractivity contribution in [2.45, 2.75) is 18.9 Å². The van der Waals surface area contributed by atoms with Crippen molar-refractivity contribution in [3.63, 3.8) is 0 Å².